The van der Waals surface area contributed by atoms with Crippen LogP contribution < -0.4 is 0 Å². The van der Waals surface area contributed by atoms with Crippen LogP contribution in [0.5, 0.6) is 0 Å². The lowest BCUT2D eigenvalue weighted by Gasteiger charge is -2.55. The number of hydrogen-bond acceptors (Lipinski definition) is 4. The van der Waals surface area contributed by atoms with E-state index in [0.29, 0.717) is 13.0 Å². The molecule has 0 spiro atoms. The van der Waals surface area contributed by atoms with Crippen LogP contribution in [0.15, 0.2) is 0 Å². The third kappa shape index (κ3) is 2.68. The molecule has 5 rings (SSSR count). The minimum absolute atomic E-state index is 0.0144. The zero-order chi connectivity index (χ0) is 16.2. The summed E-state index contributed by atoms with van der Waals surface area (Å²) < 4.78 is 11.1. The summed E-state index contributed by atoms with van der Waals surface area (Å²) in [5.41, 5.74) is -0.805. The third-order valence-corrected chi connectivity index (χ3v) is 6.95. The number of cyclic esters (lactones) is 1. The molecule has 4 nitrogen and oxygen atoms in total. The smallest absolute Gasteiger partial charge is 0.312 e. The van der Waals surface area contributed by atoms with Gasteiger partial charge in [-0.3, -0.25) is 9.59 Å². The van der Waals surface area contributed by atoms with E-state index in [1.807, 2.05) is 13.8 Å². The number of rotatable bonds is 3. The fraction of sp³-hybridized carbons (Fsp3) is 0.895. The van der Waals surface area contributed by atoms with Crippen molar-refractivity contribution >= 4 is 11.9 Å². The Morgan fingerprint density at radius 2 is 1.70 bits per heavy atom. The Labute approximate surface area is 138 Å². The van der Waals surface area contributed by atoms with Crippen molar-refractivity contribution in [1.82, 2.24) is 0 Å². The van der Waals surface area contributed by atoms with Crippen molar-refractivity contribution in [3.63, 3.8) is 0 Å². The Balaban J connectivity index is 1.48. The summed E-state index contributed by atoms with van der Waals surface area (Å²) in [6.07, 6.45) is 8.20. The Morgan fingerprint density at radius 3 is 2.22 bits per heavy atom. The summed E-state index contributed by atoms with van der Waals surface area (Å²) in [7, 11) is 0. The van der Waals surface area contributed by atoms with E-state index < -0.39 is 5.60 Å². The summed E-state index contributed by atoms with van der Waals surface area (Å²) in [6, 6.07) is 0. The van der Waals surface area contributed by atoms with Crippen molar-refractivity contribution in [2.24, 2.45) is 29.1 Å². The third-order valence-electron chi connectivity index (χ3n) is 6.95. The van der Waals surface area contributed by atoms with Crippen LogP contribution in [0.1, 0.15) is 65.2 Å². The molecule has 5 aliphatic rings. The lowest BCUT2D eigenvalue weighted by molar-refractivity contribution is -0.193. The predicted molar refractivity (Wildman–Crippen MR) is 84.5 cm³/mol. The van der Waals surface area contributed by atoms with Crippen molar-refractivity contribution in [2.45, 2.75) is 70.8 Å². The molecule has 0 aromatic carbocycles. The average molecular weight is 320 g/mol. The molecule has 23 heavy (non-hydrogen) atoms. The van der Waals surface area contributed by atoms with Gasteiger partial charge in [0.2, 0.25) is 0 Å². The first kappa shape index (κ1) is 15.5. The van der Waals surface area contributed by atoms with E-state index in [-0.39, 0.29) is 23.3 Å². The summed E-state index contributed by atoms with van der Waals surface area (Å²) in [5, 5.41) is 0. The fourth-order valence-electron chi connectivity index (χ4n) is 6.06. The normalized spacial score (nSPS) is 42.4. The van der Waals surface area contributed by atoms with Gasteiger partial charge in [0, 0.05) is 5.92 Å². The molecule has 0 radical (unpaired) electrons. The minimum atomic E-state index is -0.583. The number of carbonyl (C=O) groups excluding carboxylic acids is 2. The molecule has 0 aromatic rings. The second kappa shape index (κ2) is 5.22. The SMILES string of the molecule is CC(C)(OC(=O)C12CC3CC(CC(C3)C1)C2)C1CCOC(=O)C1. The molecule has 0 amide bonds. The highest BCUT2D eigenvalue weighted by Gasteiger charge is 2.56. The monoisotopic (exact) mass is 320 g/mol. The quantitative estimate of drug-likeness (QED) is 0.747. The Hall–Kier alpha value is -1.06. The van der Waals surface area contributed by atoms with E-state index in [1.165, 1.54) is 19.3 Å². The molecule has 1 heterocycles. The molecule has 5 fully saturated rings. The van der Waals surface area contributed by atoms with E-state index in [0.717, 1.165) is 43.4 Å². The molecular weight excluding hydrogens is 292 g/mol. The molecule has 4 bridgehead atoms. The topological polar surface area (TPSA) is 52.6 Å². The lowest BCUT2D eigenvalue weighted by Crippen LogP contribution is -2.53. The van der Waals surface area contributed by atoms with Crippen LogP contribution in [0, 0.1) is 29.1 Å². The van der Waals surface area contributed by atoms with Gasteiger partial charge in [0.1, 0.15) is 5.60 Å². The Bertz CT molecular complexity index is 486. The molecule has 1 atom stereocenters. The van der Waals surface area contributed by atoms with Crippen molar-refractivity contribution in [2.75, 3.05) is 6.61 Å². The number of carbonyl (C=O) groups is 2. The van der Waals surface area contributed by atoms with E-state index in [9.17, 15) is 9.59 Å². The van der Waals surface area contributed by atoms with Crippen molar-refractivity contribution < 1.29 is 19.1 Å². The molecule has 1 unspecified atom stereocenters. The first-order chi connectivity index (χ1) is 10.9. The zero-order valence-corrected chi connectivity index (χ0v) is 14.3. The van der Waals surface area contributed by atoms with Gasteiger partial charge in [-0.25, -0.2) is 0 Å². The molecule has 1 saturated heterocycles. The molecular formula is C19H28O4. The highest BCUT2D eigenvalue weighted by Crippen LogP contribution is 2.60. The van der Waals surface area contributed by atoms with E-state index in [2.05, 4.69) is 0 Å². The Morgan fingerprint density at radius 1 is 1.13 bits per heavy atom. The second-order valence-corrected chi connectivity index (χ2v) is 9.10. The maximum Gasteiger partial charge on any atom is 0.312 e. The first-order valence-corrected chi connectivity index (χ1v) is 9.25. The first-order valence-electron chi connectivity index (χ1n) is 9.25. The molecule has 4 saturated carbocycles. The molecule has 4 aliphatic carbocycles. The van der Waals surface area contributed by atoms with Crippen LogP contribution >= 0.6 is 0 Å². The van der Waals surface area contributed by atoms with E-state index in [4.69, 9.17) is 9.47 Å². The highest BCUT2D eigenvalue weighted by molar-refractivity contribution is 5.78. The van der Waals surface area contributed by atoms with Gasteiger partial charge in [0.05, 0.1) is 18.4 Å². The van der Waals surface area contributed by atoms with Gasteiger partial charge < -0.3 is 9.47 Å². The maximum absolute atomic E-state index is 13.1. The van der Waals surface area contributed by atoms with Gasteiger partial charge in [-0.05, 0) is 76.5 Å². The molecule has 1 aliphatic heterocycles. The van der Waals surface area contributed by atoms with Crippen LogP contribution in [-0.2, 0) is 19.1 Å². The second-order valence-electron chi connectivity index (χ2n) is 9.10. The van der Waals surface area contributed by atoms with Crippen molar-refractivity contribution in [1.29, 1.82) is 0 Å². The van der Waals surface area contributed by atoms with Crippen LogP contribution in [0.2, 0.25) is 0 Å². The fourth-order valence-corrected chi connectivity index (χ4v) is 6.06. The van der Waals surface area contributed by atoms with Gasteiger partial charge in [0.25, 0.3) is 0 Å². The average Bonchev–Trinajstić information content (AvgIpc) is 2.45. The van der Waals surface area contributed by atoms with E-state index >= 15 is 0 Å². The maximum atomic E-state index is 13.1. The highest BCUT2D eigenvalue weighted by atomic mass is 16.6. The summed E-state index contributed by atoms with van der Waals surface area (Å²) in [5.74, 6) is 2.13. The van der Waals surface area contributed by atoms with Crippen LogP contribution in [-0.4, -0.2) is 24.1 Å². The van der Waals surface area contributed by atoms with Gasteiger partial charge >= 0.3 is 11.9 Å². The number of ether oxygens (including phenoxy) is 2. The Kier molecular flexibility index (Phi) is 3.51. The van der Waals surface area contributed by atoms with Gasteiger partial charge in [-0.15, -0.1) is 0 Å². The summed E-state index contributed by atoms with van der Waals surface area (Å²) in [6.45, 7) is 4.38. The van der Waals surface area contributed by atoms with Crippen molar-refractivity contribution in [3.05, 3.63) is 0 Å². The van der Waals surface area contributed by atoms with Crippen molar-refractivity contribution in [3.8, 4) is 0 Å². The van der Waals surface area contributed by atoms with Gasteiger partial charge in [-0.1, -0.05) is 0 Å². The number of esters is 2. The molecule has 0 aromatic heterocycles. The molecule has 4 heteroatoms. The van der Waals surface area contributed by atoms with E-state index in [1.54, 1.807) is 0 Å². The predicted octanol–water partition coefficient (Wildman–Crippen LogP) is 3.48. The zero-order valence-electron chi connectivity index (χ0n) is 14.3. The molecule has 128 valence electrons. The number of hydrogen-bond donors (Lipinski definition) is 0. The lowest BCUT2D eigenvalue weighted by atomic mass is 9.49. The summed E-state index contributed by atoms with van der Waals surface area (Å²) in [4.78, 5) is 24.7. The van der Waals surface area contributed by atoms with Gasteiger partial charge in [-0.2, -0.15) is 0 Å². The van der Waals surface area contributed by atoms with Crippen LogP contribution in [0.25, 0.3) is 0 Å². The van der Waals surface area contributed by atoms with Crippen LogP contribution in [0.3, 0.4) is 0 Å². The van der Waals surface area contributed by atoms with Crippen LogP contribution in [0.4, 0.5) is 0 Å². The summed E-state index contributed by atoms with van der Waals surface area (Å²) >= 11 is 0. The molecule has 0 N–H and O–H groups in total. The minimum Gasteiger partial charge on any atom is -0.466 e. The van der Waals surface area contributed by atoms with Gasteiger partial charge in [0.15, 0.2) is 0 Å². The largest absolute Gasteiger partial charge is 0.466 e. The standard InChI is InChI=1S/C19H28O4/c1-18(2,15-3-4-22-16(20)8-15)23-17(21)19-9-12-5-13(10-19)7-14(6-12)11-19/h12-15H,3-11H2,1-2H3.